The minimum atomic E-state index is 0.134. The van der Waals surface area contributed by atoms with Gasteiger partial charge in [-0.15, -0.1) is 0 Å². The van der Waals surface area contributed by atoms with E-state index in [1.54, 1.807) is 0 Å². The van der Waals surface area contributed by atoms with Crippen LogP contribution < -0.4 is 10.6 Å². The van der Waals surface area contributed by atoms with Crippen molar-refractivity contribution in [1.29, 1.82) is 5.26 Å². The van der Waals surface area contributed by atoms with Crippen molar-refractivity contribution in [3.8, 4) is 6.07 Å². The fourth-order valence-electron chi connectivity index (χ4n) is 2.79. The molecule has 1 amide bonds. The lowest BCUT2D eigenvalue weighted by Gasteiger charge is -2.15. The number of carbonyl (C=O) groups is 1. The summed E-state index contributed by atoms with van der Waals surface area (Å²) < 4.78 is 0. The summed E-state index contributed by atoms with van der Waals surface area (Å²) in [6, 6.07) is 16.3. The second-order valence-electron chi connectivity index (χ2n) is 6.75. The van der Waals surface area contributed by atoms with E-state index in [4.69, 9.17) is 5.26 Å². The van der Waals surface area contributed by atoms with E-state index in [0.717, 1.165) is 41.8 Å². The van der Waals surface area contributed by atoms with Crippen LogP contribution in [0.15, 0.2) is 42.5 Å². The largest absolute Gasteiger partial charge is 0.326 e. The average Bonchev–Trinajstić information content (AvgIpc) is 3.45. The zero-order valence-corrected chi connectivity index (χ0v) is 14.7. The molecule has 4 heteroatoms. The molecule has 2 N–H and O–H groups in total. The molecule has 1 aliphatic rings. The maximum Gasteiger partial charge on any atom is 0.227 e. The number of aryl methyl sites for hydroxylation is 1. The number of hydrogen-bond acceptors (Lipinski definition) is 3. The molecular weight excluding hydrogens is 310 g/mol. The number of rotatable bonds is 6. The maximum atomic E-state index is 11.8. The molecule has 0 aliphatic heterocycles. The molecule has 2 aromatic carbocycles. The molecule has 1 aliphatic carbocycles. The van der Waals surface area contributed by atoms with Gasteiger partial charge >= 0.3 is 0 Å². The van der Waals surface area contributed by atoms with Gasteiger partial charge in [0, 0.05) is 24.2 Å². The van der Waals surface area contributed by atoms with Crippen molar-refractivity contribution in [2.24, 2.45) is 5.92 Å². The number of benzene rings is 2. The van der Waals surface area contributed by atoms with E-state index in [0.29, 0.717) is 0 Å². The van der Waals surface area contributed by atoms with Gasteiger partial charge in [-0.25, -0.2) is 0 Å². The topological polar surface area (TPSA) is 64.9 Å². The highest BCUT2D eigenvalue weighted by molar-refractivity contribution is 5.94. The highest BCUT2D eigenvalue weighted by Crippen LogP contribution is 2.30. The molecule has 0 spiro atoms. The molecule has 4 nitrogen and oxygen atoms in total. The van der Waals surface area contributed by atoms with Crippen molar-refractivity contribution in [2.75, 3.05) is 5.32 Å². The number of nitrogens with one attached hydrogen (secondary N) is 2. The summed E-state index contributed by atoms with van der Waals surface area (Å²) in [5.74, 6) is 0.353. The molecule has 128 valence electrons. The zero-order chi connectivity index (χ0) is 17.8. The Morgan fingerprint density at radius 2 is 1.96 bits per heavy atom. The van der Waals surface area contributed by atoms with Gasteiger partial charge in [-0.2, -0.15) is 5.26 Å². The third kappa shape index (κ3) is 4.46. The van der Waals surface area contributed by atoms with Gasteiger partial charge in [-0.1, -0.05) is 24.3 Å². The van der Waals surface area contributed by atoms with Crippen molar-refractivity contribution in [3.63, 3.8) is 0 Å². The number of carbonyl (C=O) groups excluding carboxylic acids is 1. The van der Waals surface area contributed by atoms with E-state index in [9.17, 15) is 4.79 Å². The molecule has 0 radical (unpaired) electrons. The lowest BCUT2D eigenvalue weighted by atomic mass is 10.0. The SMILES string of the molecule is Cc1cc(CN[C@H](C)c2ccc(NC(=O)C3CC3)cc2)ccc1C#N. The lowest BCUT2D eigenvalue weighted by molar-refractivity contribution is -0.117. The van der Waals surface area contributed by atoms with Crippen LogP contribution in [0.4, 0.5) is 5.69 Å². The molecule has 2 aromatic rings. The number of nitriles is 1. The molecule has 0 saturated heterocycles. The third-order valence-corrected chi connectivity index (χ3v) is 4.65. The van der Waals surface area contributed by atoms with Crippen LogP contribution in [0.1, 0.15) is 48.1 Å². The summed E-state index contributed by atoms with van der Waals surface area (Å²) in [5, 5.41) is 15.5. The predicted molar refractivity (Wildman–Crippen MR) is 98.9 cm³/mol. The Kier molecular flexibility index (Phi) is 5.16. The quantitative estimate of drug-likeness (QED) is 0.837. The average molecular weight is 333 g/mol. The lowest BCUT2D eigenvalue weighted by Crippen LogP contribution is -2.18. The fourth-order valence-corrected chi connectivity index (χ4v) is 2.79. The number of anilines is 1. The molecule has 25 heavy (non-hydrogen) atoms. The van der Waals surface area contributed by atoms with Crippen LogP contribution in [0.3, 0.4) is 0 Å². The molecule has 3 rings (SSSR count). The second kappa shape index (κ2) is 7.50. The zero-order valence-electron chi connectivity index (χ0n) is 14.7. The second-order valence-corrected chi connectivity index (χ2v) is 6.75. The normalized spacial score (nSPS) is 14.6. The van der Waals surface area contributed by atoms with Gasteiger partial charge in [0.2, 0.25) is 5.91 Å². The Morgan fingerprint density at radius 3 is 2.56 bits per heavy atom. The van der Waals surface area contributed by atoms with Crippen LogP contribution in [0.25, 0.3) is 0 Å². The van der Waals surface area contributed by atoms with Crippen LogP contribution in [0, 0.1) is 24.2 Å². The maximum absolute atomic E-state index is 11.8. The highest BCUT2D eigenvalue weighted by atomic mass is 16.2. The van der Waals surface area contributed by atoms with Crippen LogP contribution in [-0.2, 0) is 11.3 Å². The van der Waals surface area contributed by atoms with Crippen LogP contribution in [0.2, 0.25) is 0 Å². The predicted octanol–water partition coefficient (Wildman–Crippen LogP) is 4.07. The third-order valence-electron chi connectivity index (χ3n) is 4.65. The summed E-state index contributed by atoms with van der Waals surface area (Å²) in [6.45, 7) is 4.82. The molecule has 1 atom stereocenters. The smallest absolute Gasteiger partial charge is 0.227 e. The van der Waals surface area contributed by atoms with Gasteiger partial charge in [-0.05, 0) is 61.6 Å². The van der Waals surface area contributed by atoms with Crippen LogP contribution in [-0.4, -0.2) is 5.91 Å². The Labute approximate surface area is 148 Å². The van der Waals surface area contributed by atoms with E-state index >= 15 is 0 Å². The van der Waals surface area contributed by atoms with Gasteiger partial charge in [0.1, 0.15) is 0 Å². The first-order valence-corrected chi connectivity index (χ1v) is 8.70. The first-order valence-electron chi connectivity index (χ1n) is 8.70. The van der Waals surface area contributed by atoms with Gasteiger partial charge in [0.25, 0.3) is 0 Å². The Bertz CT molecular complexity index is 801. The van der Waals surface area contributed by atoms with Crippen molar-refractivity contribution in [3.05, 3.63) is 64.7 Å². The van der Waals surface area contributed by atoms with Gasteiger partial charge in [-0.3, -0.25) is 4.79 Å². The highest BCUT2D eigenvalue weighted by Gasteiger charge is 2.29. The number of hydrogen-bond donors (Lipinski definition) is 2. The minimum absolute atomic E-state index is 0.134. The molecule has 1 fully saturated rings. The van der Waals surface area contributed by atoms with E-state index in [2.05, 4.69) is 29.7 Å². The Hall–Kier alpha value is -2.64. The van der Waals surface area contributed by atoms with E-state index in [-0.39, 0.29) is 17.9 Å². The summed E-state index contributed by atoms with van der Waals surface area (Å²) in [6.07, 6.45) is 2.03. The van der Waals surface area contributed by atoms with E-state index in [1.807, 2.05) is 43.3 Å². The summed E-state index contributed by atoms with van der Waals surface area (Å²) in [7, 11) is 0. The molecule has 0 bridgehead atoms. The Balaban J connectivity index is 1.55. The van der Waals surface area contributed by atoms with Crippen molar-refractivity contribution in [2.45, 2.75) is 39.3 Å². The first kappa shape index (κ1) is 17.2. The van der Waals surface area contributed by atoms with Crippen molar-refractivity contribution >= 4 is 11.6 Å². The van der Waals surface area contributed by atoms with Crippen LogP contribution >= 0.6 is 0 Å². The van der Waals surface area contributed by atoms with Gasteiger partial charge < -0.3 is 10.6 Å². The van der Waals surface area contributed by atoms with E-state index in [1.165, 1.54) is 5.56 Å². The fraction of sp³-hybridized carbons (Fsp3) is 0.333. The van der Waals surface area contributed by atoms with Crippen molar-refractivity contribution in [1.82, 2.24) is 5.32 Å². The van der Waals surface area contributed by atoms with Gasteiger partial charge in [0.05, 0.1) is 11.6 Å². The standard InChI is InChI=1S/C21H23N3O/c1-14-11-16(3-4-19(14)12-22)13-23-15(2)17-7-9-20(10-8-17)24-21(25)18-5-6-18/h3-4,7-11,15,18,23H,5-6,13H2,1-2H3,(H,24,25)/t15-/m1/s1. The summed E-state index contributed by atoms with van der Waals surface area (Å²) >= 11 is 0. The van der Waals surface area contributed by atoms with E-state index < -0.39 is 0 Å². The minimum Gasteiger partial charge on any atom is -0.326 e. The number of amides is 1. The molecule has 0 aromatic heterocycles. The van der Waals surface area contributed by atoms with Gasteiger partial charge in [0.15, 0.2) is 0 Å². The summed E-state index contributed by atoms with van der Waals surface area (Å²) in [5.41, 5.74) is 4.92. The number of nitrogens with zero attached hydrogens (tertiary/aromatic N) is 1. The molecule has 0 unspecified atom stereocenters. The Morgan fingerprint density at radius 1 is 1.24 bits per heavy atom. The van der Waals surface area contributed by atoms with Crippen LogP contribution in [0.5, 0.6) is 0 Å². The molecule has 0 heterocycles. The molecular formula is C21H23N3O. The summed E-state index contributed by atoms with van der Waals surface area (Å²) in [4.78, 5) is 11.8. The first-order chi connectivity index (χ1) is 12.1. The van der Waals surface area contributed by atoms with Crippen molar-refractivity contribution < 1.29 is 4.79 Å². The molecule has 1 saturated carbocycles. The monoisotopic (exact) mass is 333 g/mol.